The minimum atomic E-state index is -0.527. The molecule has 5 N–H and O–H groups in total. The summed E-state index contributed by atoms with van der Waals surface area (Å²) in [7, 11) is 0. The summed E-state index contributed by atoms with van der Waals surface area (Å²) < 4.78 is 5.24. The van der Waals surface area contributed by atoms with Gasteiger partial charge >= 0.3 is 5.97 Å². The summed E-state index contributed by atoms with van der Waals surface area (Å²) in [5.41, 5.74) is 7.25. The molecule has 0 radical (unpaired) electrons. The van der Waals surface area contributed by atoms with Gasteiger partial charge in [0.15, 0.2) is 0 Å². The van der Waals surface area contributed by atoms with Crippen LogP contribution in [0.5, 0.6) is 5.75 Å². The van der Waals surface area contributed by atoms with Gasteiger partial charge in [0, 0.05) is 5.56 Å². The molecule has 1 aromatic carbocycles. The maximum atomic E-state index is 10.9. The van der Waals surface area contributed by atoms with Crippen molar-refractivity contribution in [3.05, 3.63) is 29.8 Å². The predicted molar refractivity (Wildman–Crippen MR) is 58.5 cm³/mol. The molecule has 0 aliphatic heterocycles. The average molecular weight is 239 g/mol. The molecule has 1 amide bonds. The summed E-state index contributed by atoms with van der Waals surface area (Å²) in [6, 6.07) is 6.26. The second-order valence-corrected chi connectivity index (χ2v) is 3.08. The molecule has 0 heterocycles. The fourth-order valence-corrected chi connectivity index (χ4v) is 1.08. The Morgan fingerprint density at radius 3 is 2.41 bits per heavy atom. The molecule has 0 fully saturated rings. The van der Waals surface area contributed by atoms with Crippen LogP contribution in [0.15, 0.2) is 24.3 Å². The van der Waals surface area contributed by atoms with Crippen LogP contribution < -0.4 is 21.9 Å². The standard InChI is InChI=1S/C10H13N3O4/c11-10(15)7-1-3-8(4-2-7)16-6-5-9(14)17-13-12/h1-4,13H,5-6,12H2,(H2,11,15). The Bertz CT molecular complexity index is 391. The highest BCUT2D eigenvalue weighted by molar-refractivity contribution is 5.92. The highest BCUT2D eigenvalue weighted by Gasteiger charge is 2.03. The molecular formula is C10H13N3O4. The van der Waals surface area contributed by atoms with E-state index in [0.717, 1.165) is 0 Å². The number of hydrogen-bond donors (Lipinski definition) is 3. The van der Waals surface area contributed by atoms with Gasteiger partial charge in [-0.3, -0.25) is 9.59 Å². The lowest BCUT2D eigenvalue weighted by atomic mass is 10.2. The van der Waals surface area contributed by atoms with E-state index in [0.29, 0.717) is 11.3 Å². The smallest absolute Gasteiger partial charge is 0.329 e. The van der Waals surface area contributed by atoms with Crippen LogP contribution in [-0.4, -0.2) is 18.5 Å². The van der Waals surface area contributed by atoms with Crippen molar-refractivity contribution in [1.29, 1.82) is 0 Å². The van der Waals surface area contributed by atoms with E-state index in [9.17, 15) is 9.59 Å². The van der Waals surface area contributed by atoms with Crippen molar-refractivity contribution in [2.75, 3.05) is 6.61 Å². The second kappa shape index (κ2) is 6.46. The minimum absolute atomic E-state index is 0.0573. The Morgan fingerprint density at radius 1 is 1.24 bits per heavy atom. The van der Waals surface area contributed by atoms with Crippen LogP contribution >= 0.6 is 0 Å². The number of carbonyl (C=O) groups is 2. The molecule has 7 nitrogen and oxygen atoms in total. The minimum Gasteiger partial charge on any atom is -0.493 e. The van der Waals surface area contributed by atoms with Crippen molar-refractivity contribution >= 4 is 11.9 Å². The predicted octanol–water partition coefficient (Wildman–Crippen LogP) is -0.524. The maximum absolute atomic E-state index is 10.9. The van der Waals surface area contributed by atoms with Gasteiger partial charge in [-0.1, -0.05) is 5.59 Å². The zero-order chi connectivity index (χ0) is 12.7. The molecule has 0 spiro atoms. The molecule has 0 aromatic heterocycles. The van der Waals surface area contributed by atoms with E-state index in [1.54, 1.807) is 17.7 Å². The summed E-state index contributed by atoms with van der Waals surface area (Å²) in [6.45, 7) is 0.149. The quantitative estimate of drug-likeness (QED) is 0.454. The summed E-state index contributed by atoms with van der Waals surface area (Å²) >= 11 is 0. The van der Waals surface area contributed by atoms with Gasteiger partial charge in [0.25, 0.3) is 0 Å². The molecule has 0 aliphatic carbocycles. The average Bonchev–Trinajstić information content (AvgIpc) is 2.30. The van der Waals surface area contributed by atoms with Crippen molar-refractivity contribution in [3.8, 4) is 5.75 Å². The number of benzene rings is 1. The highest BCUT2D eigenvalue weighted by Crippen LogP contribution is 2.11. The number of nitrogens with two attached hydrogens (primary N) is 2. The van der Waals surface area contributed by atoms with Crippen molar-refractivity contribution in [2.45, 2.75) is 6.42 Å². The van der Waals surface area contributed by atoms with E-state index in [2.05, 4.69) is 4.84 Å². The van der Waals surface area contributed by atoms with Gasteiger partial charge in [0.2, 0.25) is 5.91 Å². The topological polar surface area (TPSA) is 117 Å². The third-order valence-corrected chi connectivity index (χ3v) is 1.89. The third kappa shape index (κ3) is 4.49. The molecule has 0 bridgehead atoms. The number of ether oxygens (including phenoxy) is 1. The number of rotatable bonds is 6. The molecule has 0 saturated carbocycles. The van der Waals surface area contributed by atoms with Gasteiger partial charge in [0.05, 0.1) is 13.0 Å². The molecule has 1 rings (SSSR count). The molecule has 0 aliphatic rings. The lowest BCUT2D eigenvalue weighted by molar-refractivity contribution is -0.151. The van der Waals surface area contributed by atoms with Crippen LogP contribution in [0.1, 0.15) is 16.8 Å². The Hall–Kier alpha value is -2.12. The van der Waals surface area contributed by atoms with Crippen LogP contribution in [0, 0.1) is 0 Å². The molecule has 0 unspecified atom stereocenters. The SMILES string of the molecule is NNOC(=O)CCOc1ccc(C(N)=O)cc1. The Kier molecular flexibility index (Phi) is 4.92. The maximum Gasteiger partial charge on any atom is 0.329 e. The highest BCUT2D eigenvalue weighted by atomic mass is 16.7. The van der Waals surface area contributed by atoms with Crippen LogP contribution in [0.4, 0.5) is 0 Å². The molecule has 92 valence electrons. The van der Waals surface area contributed by atoms with E-state index in [1.807, 2.05) is 0 Å². The third-order valence-electron chi connectivity index (χ3n) is 1.89. The van der Waals surface area contributed by atoms with Crippen LogP contribution in [-0.2, 0) is 9.63 Å². The van der Waals surface area contributed by atoms with E-state index in [-0.39, 0.29) is 13.0 Å². The number of carbonyl (C=O) groups excluding carboxylic acids is 2. The van der Waals surface area contributed by atoms with E-state index >= 15 is 0 Å². The fourth-order valence-electron chi connectivity index (χ4n) is 1.08. The summed E-state index contributed by atoms with van der Waals surface area (Å²) in [5, 5.41) is 0. The van der Waals surface area contributed by atoms with Crippen LogP contribution in [0.25, 0.3) is 0 Å². The summed E-state index contributed by atoms with van der Waals surface area (Å²) in [5.74, 6) is 4.28. The van der Waals surface area contributed by atoms with Gasteiger partial charge in [-0.25, -0.2) is 5.84 Å². The molecule has 7 heteroatoms. The van der Waals surface area contributed by atoms with Gasteiger partial charge in [-0.15, -0.1) is 0 Å². The van der Waals surface area contributed by atoms with Gasteiger partial charge in [0.1, 0.15) is 5.75 Å². The largest absolute Gasteiger partial charge is 0.493 e. The first-order chi connectivity index (χ1) is 8.13. The Morgan fingerprint density at radius 2 is 1.88 bits per heavy atom. The van der Waals surface area contributed by atoms with Crippen molar-refractivity contribution in [3.63, 3.8) is 0 Å². The second-order valence-electron chi connectivity index (χ2n) is 3.08. The first-order valence-electron chi connectivity index (χ1n) is 4.81. The monoisotopic (exact) mass is 239 g/mol. The van der Waals surface area contributed by atoms with Gasteiger partial charge in [-0.2, -0.15) is 0 Å². The number of hydrogen-bond acceptors (Lipinski definition) is 6. The number of hydrazine groups is 1. The lowest BCUT2D eigenvalue weighted by Crippen LogP contribution is -2.26. The number of primary amides is 1. The first-order valence-corrected chi connectivity index (χ1v) is 4.81. The summed E-state index contributed by atoms with van der Waals surface area (Å²) in [4.78, 5) is 25.9. The van der Waals surface area contributed by atoms with Crippen molar-refractivity contribution in [1.82, 2.24) is 5.59 Å². The Labute approximate surface area is 97.6 Å². The normalized spacial score (nSPS) is 9.71. The van der Waals surface area contributed by atoms with Gasteiger partial charge < -0.3 is 15.3 Å². The van der Waals surface area contributed by atoms with E-state index < -0.39 is 11.9 Å². The number of nitrogens with one attached hydrogen (secondary N) is 1. The summed E-state index contributed by atoms with van der Waals surface area (Å²) in [6.07, 6.45) is 0.0573. The van der Waals surface area contributed by atoms with Crippen LogP contribution in [0.3, 0.4) is 0 Å². The van der Waals surface area contributed by atoms with E-state index in [4.69, 9.17) is 16.3 Å². The van der Waals surface area contributed by atoms with Crippen molar-refractivity contribution < 1.29 is 19.2 Å². The zero-order valence-electron chi connectivity index (χ0n) is 9.01. The lowest BCUT2D eigenvalue weighted by Gasteiger charge is -2.05. The fraction of sp³-hybridized carbons (Fsp3) is 0.200. The zero-order valence-corrected chi connectivity index (χ0v) is 9.01. The molecular weight excluding hydrogens is 226 g/mol. The molecule has 17 heavy (non-hydrogen) atoms. The van der Waals surface area contributed by atoms with Crippen molar-refractivity contribution in [2.24, 2.45) is 11.6 Å². The molecule has 1 aromatic rings. The van der Waals surface area contributed by atoms with E-state index in [1.165, 1.54) is 12.1 Å². The first kappa shape index (κ1) is 12.9. The molecule has 0 atom stereocenters. The molecule has 0 saturated heterocycles. The van der Waals surface area contributed by atoms with Gasteiger partial charge in [-0.05, 0) is 24.3 Å². The van der Waals surface area contributed by atoms with Crippen LogP contribution in [0.2, 0.25) is 0 Å². The number of amides is 1. The Balaban J connectivity index is 2.37.